The maximum Gasteiger partial charge on any atom is 0.328 e. The van der Waals surface area contributed by atoms with Gasteiger partial charge in [-0.15, -0.1) is 0 Å². The highest BCUT2D eigenvalue weighted by molar-refractivity contribution is 7.80. The van der Waals surface area contributed by atoms with Crippen molar-refractivity contribution in [2.24, 2.45) is 0 Å². The van der Waals surface area contributed by atoms with E-state index in [1.807, 2.05) is 62.4 Å². The van der Waals surface area contributed by atoms with Crippen LogP contribution in [0.2, 0.25) is 0 Å². The zero-order valence-electron chi connectivity index (χ0n) is 13.6. The Balaban J connectivity index is 1.76. The molecular formula is C18H19N3O2S. The summed E-state index contributed by atoms with van der Waals surface area (Å²) in [4.78, 5) is 14.1. The molecule has 0 saturated carbocycles. The number of para-hydroxylation sites is 3. The largest absolute Gasteiger partial charge is 0.455 e. The summed E-state index contributed by atoms with van der Waals surface area (Å²) >= 11 is 5.24. The molecule has 0 aliphatic carbocycles. The number of amides is 2. The fourth-order valence-corrected chi connectivity index (χ4v) is 2.91. The summed E-state index contributed by atoms with van der Waals surface area (Å²) in [5.41, 5.74) is 0.368. The summed E-state index contributed by atoms with van der Waals surface area (Å²) in [6.45, 7) is 4.51. The minimum atomic E-state index is -0.276. The molecule has 24 heavy (non-hydrogen) atoms. The topological polar surface area (TPSA) is 53.6 Å². The van der Waals surface area contributed by atoms with Gasteiger partial charge in [0.2, 0.25) is 0 Å². The van der Waals surface area contributed by atoms with Gasteiger partial charge < -0.3 is 15.4 Å². The van der Waals surface area contributed by atoms with E-state index in [4.69, 9.17) is 17.0 Å². The second kappa shape index (κ2) is 6.49. The van der Waals surface area contributed by atoms with Gasteiger partial charge in [0, 0.05) is 0 Å². The minimum absolute atomic E-state index is 0.228. The highest BCUT2D eigenvalue weighted by Gasteiger charge is 2.35. The van der Waals surface area contributed by atoms with Crippen LogP contribution in [0.15, 0.2) is 54.6 Å². The van der Waals surface area contributed by atoms with Crippen molar-refractivity contribution >= 4 is 29.0 Å². The van der Waals surface area contributed by atoms with Crippen LogP contribution in [0.4, 0.5) is 10.5 Å². The van der Waals surface area contributed by atoms with Crippen LogP contribution in [0.3, 0.4) is 0 Å². The number of ether oxygens (including phenoxy) is 1. The summed E-state index contributed by atoms with van der Waals surface area (Å²) in [5.74, 6) is 1.29. The summed E-state index contributed by atoms with van der Waals surface area (Å²) in [6.07, 6.45) is 0. The molecule has 2 amide bonds. The molecule has 6 heteroatoms. The van der Waals surface area contributed by atoms with Crippen LogP contribution >= 0.6 is 12.2 Å². The Morgan fingerprint density at radius 3 is 2.50 bits per heavy atom. The smallest absolute Gasteiger partial charge is 0.328 e. The maximum absolute atomic E-state index is 12.5. The summed E-state index contributed by atoms with van der Waals surface area (Å²) in [5, 5.41) is 6.43. The van der Waals surface area contributed by atoms with E-state index in [1.54, 1.807) is 6.07 Å². The van der Waals surface area contributed by atoms with Crippen LogP contribution in [0, 0.1) is 0 Å². The summed E-state index contributed by atoms with van der Waals surface area (Å²) in [6, 6.07) is 16.5. The molecular weight excluding hydrogens is 322 g/mol. The van der Waals surface area contributed by atoms with Gasteiger partial charge in [0.25, 0.3) is 0 Å². The number of hydrogen-bond acceptors (Lipinski definition) is 3. The third-order valence-corrected chi connectivity index (χ3v) is 3.91. The first kappa shape index (κ1) is 16.3. The van der Waals surface area contributed by atoms with Gasteiger partial charge in [-0.25, -0.2) is 4.79 Å². The quantitative estimate of drug-likeness (QED) is 0.829. The normalized spacial score (nSPS) is 15.8. The molecule has 1 heterocycles. The lowest BCUT2D eigenvalue weighted by molar-refractivity contribution is 0.233. The van der Waals surface area contributed by atoms with Crippen molar-refractivity contribution in [3.63, 3.8) is 0 Å². The summed E-state index contributed by atoms with van der Waals surface area (Å²) < 4.78 is 5.86. The highest BCUT2D eigenvalue weighted by Crippen LogP contribution is 2.29. The van der Waals surface area contributed by atoms with E-state index in [-0.39, 0.29) is 11.6 Å². The van der Waals surface area contributed by atoms with Gasteiger partial charge in [0.05, 0.1) is 17.8 Å². The van der Waals surface area contributed by atoms with Crippen molar-refractivity contribution in [1.82, 2.24) is 10.2 Å². The Morgan fingerprint density at radius 1 is 1.17 bits per heavy atom. The first-order chi connectivity index (χ1) is 11.4. The van der Waals surface area contributed by atoms with Crippen molar-refractivity contribution in [3.8, 4) is 11.5 Å². The third-order valence-electron chi connectivity index (χ3n) is 3.59. The second-order valence-electron chi connectivity index (χ2n) is 6.24. The number of anilines is 1. The van der Waals surface area contributed by atoms with Crippen LogP contribution in [0.25, 0.3) is 0 Å². The van der Waals surface area contributed by atoms with Crippen LogP contribution in [-0.2, 0) is 0 Å². The zero-order chi connectivity index (χ0) is 17.2. The van der Waals surface area contributed by atoms with Crippen molar-refractivity contribution < 1.29 is 9.53 Å². The average molecular weight is 341 g/mol. The van der Waals surface area contributed by atoms with Crippen LogP contribution in [-0.4, -0.2) is 28.1 Å². The molecule has 0 aromatic heterocycles. The first-order valence-electron chi connectivity index (χ1n) is 7.67. The van der Waals surface area contributed by atoms with Crippen LogP contribution in [0.5, 0.6) is 11.5 Å². The molecule has 5 nitrogen and oxygen atoms in total. The fraction of sp³-hybridized carbons (Fsp3) is 0.222. The van der Waals surface area contributed by atoms with Gasteiger partial charge in [-0.05, 0) is 50.3 Å². The van der Waals surface area contributed by atoms with Gasteiger partial charge in [0.1, 0.15) is 5.75 Å². The van der Waals surface area contributed by atoms with Gasteiger partial charge in [-0.3, -0.25) is 4.90 Å². The van der Waals surface area contributed by atoms with E-state index in [0.29, 0.717) is 28.8 Å². The molecule has 0 bridgehead atoms. The monoisotopic (exact) mass is 341 g/mol. The van der Waals surface area contributed by atoms with E-state index in [9.17, 15) is 4.79 Å². The fourth-order valence-electron chi connectivity index (χ4n) is 2.48. The minimum Gasteiger partial charge on any atom is -0.455 e. The highest BCUT2D eigenvalue weighted by atomic mass is 32.1. The number of benzene rings is 2. The molecule has 2 N–H and O–H groups in total. The average Bonchev–Trinajstić information content (AvgIpc) is 2.83. The Labute approximate surface area is 146 Å². The Morgan fingerprint density at radius 2 is 1.83 bits per heavy atom. The van der Waals surface area contributed by atoms with Crippen molar-refractivity contribution in [2.45, 2.75) is 19.4 Å². The van der Waals surface area contributed by atoms with Gasteiger partial charge in [-0.1, -0.05) is 30.3 Å². The summed E-state index contributed by atoms with van der Waals surface area (Å²) in [7, 11) is 0. The lowest BCUT2D eigenvalue weighted by atomic mass is 10.1. The first-order valence-corrected chi connectivity index (χ1v) is 8.08. The molecule has 0 radical (unpaired) electrons. The number of urea groups is 1. The van der Waals surface area contributed by atoms with Crippen LogP contribution < -0.4 is 15.4 Å². The number of carbonyl (C=O) groups excluding carboxylic acids is 1. The molecule has 2 aromatic rings. The van der Waals surface area contributed by atoms with E-state index >= 15 is 0 Å². The Kier molecular flexibility index (Phi) is 4.40. The molecule has 1 aliphatic rings. The van der Waals surface area contributed by atoms with Crippen LogP contribution in [0.1, 0.15) is 13.8 Å². The lowest BCUT2D eigenvalue weighted by Crippen LogP contribution is -2.37. The molecule has 2 aromatic carbocycles. The van der Waals surface area contributed by atoms with E-state index in [1.165, 1.54) is 4.90 Å². The van der Waals surface area contributed by atoms with Gasteiger partial charge in [0.15, 0.2) is 10.9 Å². The zero-order valence-corrected chi connectivity index (χ0v) is 14.4. The molecule has 1 saturated heterocycles. The molecule has 0 atom stereocenters. The van der Waals surface area contributed by atoms with Crippen molar-refractivity contribution in [3.05, 3.63) is 54.6 Å². The standard InChI is InChI=1S/C18H19N3O2S/c1-18(2)12-21(17(24)20-18)16(22)19-14-10-6-7-11-15(14)23-13-8-4-3-5-9-13/h3-11H,12H2,1-2H3,(H,19,22)(H,20,24). The predicted molar refractivity (Wildman–Crippen MR) is 98.5 cm³/mol. The molecule has 0 unspecified atom stereocenters. The van der Waals surface area contributed by atoms with E-state index in [2.05, 4.69) is 10.6 Å². The predicted octanol–water partition coefficient (Wildman–Crippen LogP) is 3.98. The number of carbonyl (C=O) groups is 1. The molecule has 1 fully saturated rings. The van der Waals surface area contributed by atoms with Crippen molar-refractivity contribution in [1.29, 1.82) is 0 Å². The van der Waals surface area contributed by atoms with Crippen molar-refractivity contribution in [2.75, 3.05) is 11.9 Å². The Bertz CT molecular complexity index is 762. The van der Waals surface area contributed by atoms with Gasteiger partial charge >= 0.3 is 6.03 Å². The molecule has 1 aliphatic heterocycles. The second-order valence-corrected chi connectivity index (χ2v) is 6.63. The Hall–Kier alpha value is -2.60. The number of thiocarbonyl (C=S) groups is 1. The number of rotatable bonds is 3. The molecule has 124 valence electrons. The third kappa shape index (κ3) is 3.65. The molecule has 3 rings (SSSR count). The SMILES string of the molecule is CC1(C)CN(C(=O)Nc2ccccc2Oc2ccccc2)C(=S)N1. The molecule has 0 spiro atoms. The number of nitrogens with zero attached hydrogens (tertiary/aromatic N) is 1. The van der Waals surface area contributed by atoms with Gasteiger partial charge in [-0.2, -0.15) is 0 Å². The maximum atomic E-state index is 12.5. The number of hydrogen-bond donors (Lipinski definition) is 2. The number of nitrogens with one attached hydrogen (secondary N) is 2. The lowest BCUT2D eigenvalue weighted by Gasteiger charge is -2.19. The van der Waals surface area contributed by atoms with E-state index in [0.717, 1.165) is 0 Å². The van der Waals surface area contributed by atoms with E-state index < -0.39 is 0 Å².